The van der Waals surface area contributed by atoms with E-state index in [0.29, 0.717) is 5.54 Å². The van der Waals surface area contributed by atoms with Crippen molar-refractivity contribution in [2.45, 2.75) is 59.0 Å². The van der Waals surface area contributed by atoms with Crippen LogP contribution in [0.5, 0.6) is 0 Å². The molecule has 1 N–H and O–H groups in total. The standard InChI is InChI=1S/C11H23N/c1-6-10-9(4)12-11(10,5)7-8(2)3/h8-10,12H,6-7H2,1-5H3. The highest BCUT2D eigenvalue weighted by Crippen LogP contribution is 2.38. The van der Waals surface area contributed by atoms with Gasteiger partial charge in [-0.1, -0.05) is 27.2 Å². The van der Waals surface area contributed by atoms with Crippen molar-refractivity contribution in [2.75, 3.05) is 0 Å². The van der Waals surface area contributed by atoms with Crippen LogP contribution in [0.25, 0.3) is 0 Å². The van der Waals surface area contributed by atoms with E-state index in [1.54, 1.807) is 0 Å². The van der Waals surface area contributed by atoms with E-state index in [9.17, 15) is 0 Å². The zero-order valence-electron chi connectivity index (χ0n) is 9.15. The van der Waals surface area contributed by atoms with Crippen molar-refractivity contribution in [3.05, 3.63) is 0 Å². The van der Waals surface area contributed by atoms with Gasteiger partial charge in [0.25, 0.3) is 0 Å². The van der Waals surface area contributed by atoms with Gasteiger partial charge in [0.2, 0.25) is 0 Å². The Morgan fingerprint density at radius 1 is 1.42 bits per heavy atom. The average Bonchev–Trinajstić information content (AvgIpc) is 1.84. The summed E-state index contributed by atoms with van der Waals surface area (Å²) in [6, 6.07) is 0.735. The summed E-state index contributed by atoms with van der Waals surface area (Å²) >= 11 is 0. The smallest absolute Gasteiger partial charge is 0.0201 e. The van der Waals surface area contributed by atoms with Crippen molar-refractivity contribution in [1.82, 2.24) is 5.32 Å². The Kier molecular flexibility index (Phi) is 2.82. The van der Waals surface area contributed by atoms with Crippen molar-refractivity contribution in [3.8, 4) is 0 Å². The predicted molar refractivity (Wildman–Crippen MR) is 54.2 cm³/mol. The minimum atomic E-state index is 0.433. The molecule has 0 radical (unpaired) electrons. The molecule has 1 fully saturated rings. The van der Waals surface area contributed by atoms with Crippen LogP contribution in [0, 0.1) is 11.8 Å². The molecular formula is C11H23N. The molecule has 12 heavy (non-hydrogen) atoms. The molecule has 0 bridgehead atoms. The fourth-order valence-electron chi connectivity index (χ4n) is 3.05. The second-order valence-electron chi connectivity index (χ2n) is 4.96. The third-order valence-electron chi connectivity index (χ3n) is 3.25. The molecule has 1 heteroatoms. The van der Waals surface area contributed by atoms with E-state index < -0.39 is 0 Å². The molecule has 1 nitrogen and oxygen atoms in total. The van der Waals surface area contributed by atoms with Crippen LogP contribution >= 0.6 is 0 Å². The third kappa shape index (κ3) is 1.66. The first-order valence-electron chi connectivity index (χ1n) is 5.27. The lowest BCUT2D eigenvalue weighted by molar-refractivity contribution is 0.0372. The van der Waals surface area contributed by atoms with Crippen LogP contribution in [-0.2, 0) is 0 Å². The van der Waals surface area contributed by atoms with Gasteiger partial charge in [-0.2, -0.15) is 0 Å². The van der Waals surface area contributed by atoms with Gasteiger partial charge in [0.05, 0.1) is 0 Å². The summed E-state index contributed by atoms with van der Waals surface area (Å²) in [6.07, 6.45) is 2.63. The fourth-order valence-corrected chi connectivity index (χ4v) is 3.05. The van der Waals surface area contributed by atoms with Gasteiger partial charge in [-0.15, -0.1) is 0 Å². The molecule has 3 atom stereocenters. The molecule has 72 valence electrons. The first-order chi connectivity index (χ1) is 5.49. The topological polar surface area (TPSA) is 12.0 Å². The zero-order chi connectivity index (χ0) is 9.35. The lowest BCUT2D eigenvalue weighted by atomic mass is 9.67. The molecule has 0 spiro atoms. The van der Waals surface area contributed by atoms with E-state index in [4.69, 9.17) is 0 Å². The van der Waals surface area contributed by atoms with Crippen LogP contribution in [0.4, 0.5) is 0 Å². The van der Waals surface area contributed by atoms with E-state index in [-0.39, 0.29) is 0 Å². The predicted octanol–water partition coefficient (Wildman–Crippen LogP) is 2.81. The van der Waals surface area contributed by atoms with E-state index in [1.165, 1.54) is 12.8 Å². The molecule has 1 heterocycles. The lowest BCUT2D eigenvalue weighted by Crippen LogP contribution is -2.68. The maximum atomic E-state index is 3.65. The first kappa shape index (κ1) is 10.0. The molecular weight excluding hydrogens is 146 g/mol. The molecule has 0 amide bonds. The van der Waals surface area contributed by atoms with Gasteiger partial charge < -0.3 is 5.32 Å². The maximum Gasteiger partial charge on any atom is 0.0201 e. The quantitative estimate of drug-likeness (QED) is 0.685. The van der Waals surface area contributed by atoms with Crippen molar-refractivity contribution < 1.29 is 0 Å². The normalized spacial score (nSPS) is 41.5. The van der Waals surface area contributed by atoms with Crippen LogP contribution in [-0.4, -0.2) is 11.6 Å². The second kappa shape index (κ2) is 3.37. The molecule has 1 aliphatic rings. The second-order valence-corrected chi connectivity index (χ2v) is 4.96. The van der Waals surface area contributed by atoms with Gasteiger partial charge in [-0.3, -0.25) is 0 Å². The Morgan fingerprint density at radius 2 is 2.00 bits per heavy atom. The molecule has 0 aromatic carbocycles. The van der Waals surface area contributed by atoms with Gasteiger partial charge in [-0.05, 0) is 32.1 Å². The van der Waals surface area contributed by atoms with E-state index in [1.807, 2.05) is 0 Å². The molecule has 1 aliphatic heterocycles. The number of rotatable bonds is 3. The number of hydrogen-bond acceptors (Lipinski definition) is 1. The van der Waals surface area contributed by atoms with E-state index in [0.717, 1.165) is 17.9 Å². The van der Waals surface area contributed by atoms with Crippen LogP contribution in [0.2, 0.25) is 0 Å². The summed E-state index contributed by atoms with van der Waals surface area (Å²) in [5, 5.41) is 3.65. The van der Waals surface area contributed by atoms with Gasteiger partial charge in [0.15, 0.2) is 0 Å². The van der Waals surface area contributed by atoms with Crippen LogP contribution in [0.3, 0.4) is 0 Å². The van der Waals surface area contributed by atoms with E-state index >= 15 is 0 Å². The summed E-state index contributed by atoms with van der Waals surface area (Å²) in [7, 11) is 0. The van der Waals surface area contributed by atoms with Gasteiger partial charge in [0, 0.05) is 11.6 Å². The van der Waals surface area contributed by atoms with Crippen LogP contribution in [0.15, 0.2) is 0 Å². The Balaban J connectivity index is 2.50. The summed E-state index contributed by atoms with van der Waals surface area (Å²) in [5.41, 5.74) is 0.433. The minimum Gasteiger partial charge on any atom is -0.308 e. The largest absolute Gasteiger partial charge is 0.308 e. The molecule has 0 saturated carbocycles. The Morgan fingerprint density at radius 3 is 2.33 bits per heavy atom. The highest BCUT2D eigenvalue weighted by molar-refractivity contribution is 5.05. The summed E-state index contributed by atoms with van der Waals surface area (Å²) < 4.78 is 0. The summed E-state index contributed by atoms with van der Waals surface area (Å²) in [6.45, 7) is 11.6. The molecule has 1 saturated heterocycles. The Hall–Kier alpha value is -0.0400. The van der Waals surface area contributed by atoms with Gasteiger partial charge in [0.1, 0.15) is 0 Å². The van der Waals surface area contributed by atoms with Crippen LogP contribution in [0.1, 0.15) is 47.5 Å². The third-order valence-corrected chi connectivity index (χ3v) is 3.25. The van der Waals surface area contributed by atoms with Crippen molar-refractivity contribution >= 4 is 0 Å². The maximum absolute atomic E-state index is 3.65. The summed E-state index contributed by atoms with van der Waals surface area (Å²) in [4.78, 5) is 0. The highest BCUT2D eigenvalue weighted by Gasteiger charge is 2.46. The molecule has 0 aliphatic carbocycles. The van der Waals surface area contributed by atoms with Crippen molar-refractivity contribution in [2.24, 2.45) is 11.8 Å². The van der Waals surface area contributed by atoms with Crippen molar-refractivity contribution in [1.29, 1.82) is 0 Å². The lowest BCUT2D eigenvalue weighted by Gasteiger charge is -2.54. The average molecular weight is 169 g/mol. The zero-order valence-corrected chi connectivity index (χ0v) is 9.15. The van der Waals surface area contributed by atoms with Crippen LogP contribution < -0.4 is 5.32 Å². The first-order valence-corrected chi connectivity index (χ1v) is 5.27. The van der Waals surface area contributed by atoms with Gasteiger partial charge >= 0.3 is 0 Å². The van der Waals surface area contributed by atoms with E-state index in [2.05, 4.69) is 39.9 Å². The molecule has 3 unspecified atom stereocenters. The Bertz CT molecular complexity index is 153. The Labute approximate surface area is 76.9 Å². The van der Waals surface area contributed by atoms with Gasteiger partial charge in [-0.25, -0.2) is 0 Å². The fraction of sp³-hybridized carbons (Fsp3) is 1.00. The molecule has 0 aromatic heterocycles. The SMILES string of the molecule is CCC1C(C)NC1(C)CC(C)C. The number of nitrogens with one attached hydrogen (secondary N) is 1. The highest BCUT2D eigenvalue weighted by atomic mass is 15.1. The minimum absolute atomic E-state index is 0.433. The molecule has 1 rings (SSSR count). The number of hydrogen-bond donors (Lipinski definition) is 1. The molecule has 0 aromatic rings. The summed E-state index contributed by atoms with van der Waals surface area (Å²) in [5.74, 6) is 1.70. The van der Waals surface area contributed by atoms with Crippen molar-refractivity contribution in [3.63, 3.8) is 0 Å². The monoisotopic (exact) mass is 169 g/mol.